The molecule has 1 aliphatic heterocycles. The van der Waals surface area contributed by atoms with Crippen LogP contribution in [0, 0.1) is 17.8 Å². The standard InChI is InChI=1S/C30H55NO7Si/c1-13-35-25(32)18-30(26(33)36-24-16-21(4)14-15-23(24)20(2)3)17-22(38-39(11,12)29(8,9)10)19-31(30)27(34)37-28(5,6)7/h20-24H,13-19H2,1-12H3/t21-,22+,23+,24-,30+/m0/s1. The monoisotopic (exact) mass is 569 g/mol. The Bertz CT molecular complexity index is 876. The number of hydrogen-bond donors (Lipinski definition) is 0. The van der Waals surface area contributed by atoms with E-state index in [4.69, 9.17) is 18.6 Å². The van der Waals surface area contributed by atoms with Gasteiger partial charge in [0.25, 0.3) is 0 Å². The number of carbonyl (C=O) groups excluding carboxylic acids is 3. The maximum absolute atomic E-state index is 14.3. The van der Waals surface area contributed by atoms with Crippen LogP contribution in [0.15, 0.2) is 0 Å². The van der Waals surface area contributed by atoms with Crippen molar-refractivity contribution in [2.24, 2.45) is 17.8 Å². The van der Waals surface area contributed by atoms with Gasteiger partial charge < -0.3 is 18.6 Å². The minimum Gasteiger partial charge on any atom is -0.466 e. The summed E-state index contributed by atoms with van der Waals surface area (Å²) in [7, 11) is -2.26. The van der Waals surface area contributed by atoms with E-state index in [0.717, 1.165) is 19.3 Å². The average Bonchev–Trinajstić information content (AvgIpc) is 3.10. The lowest BCUT2D eigenvalue weighted by Gasteiger charge is -2.41. The van der Waals surface area contributed by atoms with Crippen LogP contribution in [0.1, 0.15) is 101 Å². The Morgan fingerprint density at radius 2 is 1.67 bits per heavy atom. The molecule has 0 unspecified atom stereocenters. The molecule has 1 aliphatic carbocycles. The molecule has 0 aromatic carbocycles. The first-order valence-electron chi connectivity index (χ1n) is 14.8. The third-order valence-corrected chi connectivity index (χ3v) is 13.2. The van der Waals surface area contributed by atoms with Gasteiger partial charge in [0.1, 0.15) is 11.7 Å². The predicted octanol–water partition coefficient (Wildman–Crippen LogP) is 6.71. The molecule has 39 heavy (non-hydrogen) atoms. The third-order valence-electron chi connectivity index (χ3n) is 8.69. The van der Waals surface area contributed by atoms with Crippen molar-refractivity contribution in [2.45, 2.75) is 143 Å². The zero-order chi connectivity index (χ0) is 30.0. The van der Waals surface area contributed by atoms with Crippen molar-refractivity contribution in [1.82, 2.24) is 4.90 Å². The van der Waals surface area contributed by atoms with E-state index >= 15 is 0 Å². The molecule has 0 bridgehead atoms. The molecule has 2 rings (SSSR count). The number of carbonyl (C=O) groups is 3. The average molecular weight is 570 g/mol. The Morgan fingerprint density at radius 1 is 1.05 bits per heavy atom. The molecular weight excluding hydrogens is 514 g/mol. The van der Waals surface area contributed by atoms with Gasteiger partial charge in [0, 0.05) is 6.42 Å². The van der Waals surface area contributed by atoms with Crippen molar-refractivity contribution < 1.29 is 33.0 Å². The first-order chi connectivity index (χ1) is 17.7. The SMILES string of the molecule is CCOC(=O)C[C@@]1(C(=O)O[C@H]2C[C@@H](C)CC[C@@H]2C(C)C)C[C@@H](O[Si](C)(C)C(C)(C)C)CN1C(=O)OC(C)(C)C. The van der Waals surface area contributed by atoms with Gasteiger partial charge in [-0.3, -0.25) is 9.69 Å². The Kier molecular flexibility index (Phi) is 10.8. The van der Waals surface area contributed by atoms with Gasteiger partial charge in [-0.15, -0.1) is 0 Å². The highest BCUT2D eigenvalue weighted by atomic mass is 28.4. The lowest BCUT2D eigenvalue weighted by Crippen LogP contribution is -2.57. The van der Waals surface area contributed by atoms with E-state index in [9.17, 15) is 14.4 Å². The van der Waals surface area contributed by atoms with E-state index in [1.54, 1.807) is 27.7 Å². The first kappa shape index (κ1) is 33.6. The fourth-order valence-electron chi connectivity index (χ4n) is 5.55. The number of nitrogens with zero attached hydrogens (tertiary/aromatic N) is 1. The minimum absolute atomic E-state index is 0.0701. The smallest absolute Gasteiger partial charge is 0.411 e. The molecule has 1 heterocycles. The minimum atomic E-state index is -2.26. The molecule has 1 saturated heterocycles. The third kappa shape index (κ3) is 8.44. The normalized spacial score (nSPS) is 28.4. The van der Waals surface area contributed by atoms with Gasteiger partial charge in [0.15, 0.2) is 13.9 Å². The summed E-state index contributed by atoms with van der Waals surface area (Å²) in [5, 5.41) is -0.0701. The van der Waals surface area contributed by atoms with Crippen LogP contribution in [-0.4, -0.2) is 67.7 Å². The van der Waals surface area contributed by atoms with E-state index in [2.05, 4.69) is 54.6 Å². The molecular formula is C30H55NO7Si. The molecule has 2 aliphatic rings. The maximum Gasteiger partial charge on any atom is 0.411 e. The topological polar surface area (TPSA) is 91.4 Å². The van der Waals surface area contributed by atoms with Crippen LogP contribution >= 0.6 is 0 Å². The van der Waals surface area contributed by atoms with Crippen molar-refractivity contribution in [1.29, 1.82) is 0 Å². The molecule has 2 fully saturated rings. The summed E-state index contributed by atoms with van der Waals surface area (Å²) in [6.07, 6.45) is 1.33. The Labute approximate surface area is 238 Å². The fraction of sp³-hybridized carbons (Fsp3) is 0.900. The van der Waals surface area contributed by atoms with Crippen molar-refractivity contribution >= 4 is 26.3 Å². The van der Waals surface area contributed by atoms with Crippen LogP contribution < -0.4 is 0 Å². The lowest BCUT2D eigenvalue weighted by atomic mass is 9.75. The molecule has 0 N–H and O–H groups in total. The molecule has 0 radical (unpaired) electrons. The summed E-state index contributed by atoms with van der Waals surface area (Å²) in [6, 6.07) is 0. The summed E-state index contributed by atoms with van der Waals surface area (Å²) >= 11 is 0. The quantitative estimate of drug-likeness (QED) is 0.182. The Hall–Kier alpha value is -1.61. The van der Waals surface area contributed by atoms with Crippen LogP contribution in [0.4, 0.5) is 4.79 Å². The fourth-order valence-corrected chi connectivity index (χ4v) is 6.89. The van der Waals surface area contributed by atoms with Crippen molar-refractivity contribution in [3.8, 4) is 0 Å². The van der Waals surface area contributed by atoms with E-state index < -0.39 is 43.6 Å². The molecule has 0 aromatic heterocycles. The second-order valence-corrected chi connectivity index (χ2v) is 19.3. The van der Waals surface area contributed by atoms with Gasteiger partial charge in [-0.05, 0) is 76.4 Å². The number of likely N-dealkylation sites (tertiary alicyclic amines) is 1. The van der Waals surface area contributed by atoms with Crippen molar-refractivity contribution in [3.05, 3.63) is 0 Å². The van der Waals surface area contributed by atoms with E-state index in [0.29, 0.717) is 11.8 Å². The number of rotatable bonds is 8. The molecule has 1 saturated carbocycles. The molecule has 5 atom stereocenters. The number of hydrogen-bond acceptors (Lipinski definition) is 7. The Morgan fingerprint density at radius 3 is 2.18 bits per heavy atom. The van der Waals surface area contributed by atoms with Crippen molar-refractivity contribution in [2.75, 3.05) is 13.2 Å². The predicted molar refractivity (Wildman–Crippen MR) is 155 cm³/mol. The maximum atomic E-state index is 14.3. The van der Waals surface area contributed by atoms with Crippen LogP contribution in [0.25, 0.3) is 0 Å². The number of amides is 1. The van der Waals surface area contributed by atoms with Crippen LogP contribution in [0.2, 0.25) is 18.1 Å². The van der Waals surface area contributed by atoms with E-state index in [1.165, 1.54) is 4.90 Å². The molecule has 0 spiro atoms. The van der Waals surface area contributed by atoms with Gasteiger partial charge in [0.2, 0.25) is 0 Å². The van der Waals surface area contributed by atoms with Gasteiger partial charge >= 0.3 is 18.0 Å². The highest BCUT2D eigenvalue weighted by Gasteiger charge is 2.59. The van der Waals surface area contributed by atoms with E-state index in [1.807, 2.05) is 0 Å². The molecule has 0 aromatic rings. The summed E-state index contributed by atoms with van der Waals surface area (Å²) in [6.45, 7) is 24.6. The zero-order valence-corrected chi connectivity index (χ0v) is 27.6. The molecule has 1 amide bonds. The van der Waals surface area contributed by atoms with Gasteiger partial charge in [-0.1, -0.05) is 48.0 Å². The molecule has 8 nitrogen and oxygen atoms in total. The van der Waals surface area contributed by atoms with Crippen LogP contribution in [0.3, 0.4) is 0 Å². The largest absolute Gasteiger partial charge is 0.466 e. The summed E-state index contributed by atoms with van der Waals surface area (Å²) < 4.78 is 24.1. The summed E-state index contributed by atoms with van der Waals surface area (Å²) in [5.41, 5.74) is -2.35. The number of esters is 2. The molecule has 226 valence electrons. The highest BCUT2D eigenvalue weighted by Crippen LogP contribution is 2.44. The van der Waals surface area contributed by atoms with Gasteiger partial charge in [0.05, 0.1) is 25.7 Å². The zero-order valence-electron chi connectivity index (χ0n) is 26.6. The summed E-state index contributed by atoms with van der Waals surface area (Å²) in [4.78, 5) is 42.3. The second kappa shape index (κ2) is 12.5. The lowest BCUT2D eigenvalue weighted by molar-refractivity contribution is -0.173. The number of ether oxygens (including phenoxy) is 3. The summed E-state index contributed by atoms with van der Waals surface area (Å²) in [5.74, 6) is -0.114. The van der Waals surface area contributed by atoms with Crippen molar-refractivity contribution in [3.63, 3.8) is 0 Å². The highest BCUT2D eigenvalue weighted by molar-refractivity contribution is 6.74. The van der Waals surface area contributed by atoms with Gasteiger partial charge in [-0.25, -0.2) is 9.59 Å². The van der Waals surface area contributed by atoms with Gasteiger partial charge in [-0.2, -0.15) is 0 Å². The molecule has 9 heteroatoms. The van der Waals surface area contributed by atoms with E-state index in [-0.39, 0.29) is 43.1 Å². The Balaban J connectivity index is 2.54. The second-order valence-electron chi connectivity index (χ2n) is 14.6. The van der Waals surface area contributed by atoms with Crippen LogP contribution in [-0.2, 0) is 28.2 Å². The first-order valence-corrected chi connectivity index (χ1v) is 17.7. The van der Waals surface area contributed by atoms with Crippen LogP contribution in [0.5, 0.6) is 0 Å².